The van der Waals surface area contributed by atoms with E-state index >= 15 is 0 Å². The standard InChI is InChI=1S/C17H25BrO2/c1-15(16-11-7-6-8-12-16)17(19)20-14-10-5-3-2-4-9-13-18/h6-8,11-12,15H,2-5,9-10,13-14H2,1H3/t15-/m1/s1. The minimum atomic E-state index is -0.171. The van der Waals surface area contributed by atoms with Crippen LogP contribution in [0.25, 0.3) is 0 Å². The van der Waals surface area contributed by atoms with Crippen LogP contribution < -0.4 is 0 Å². The van der Waals surface area contributed by atoms with Crippen LogP contribution in [0.15, 0.2) is 30.3 Å². The number of carbonyl (C=O) groups excluding carboxylic acids is 1. The van der Waals surface area contributed by atoms with Crippen molar-refractivity contribution in [1.29, 1.82) is 0 Å². The molecule has 112 valence electrons. The summed E-state index contributed by atoms with van der Waals surface area (Å²) in [5.74, 6) is -0.286. The zero-order chi connectivity index (χ0) is 14.6. The van der Waals surface area contributed by atoms with Crippen LogP contribution in [-0.4, -0.2) is 17.9 Å². The molecule has 0 aliphatic carbocycles. The van der Waals surface area contributed by atoms with Crippen LogP contribution in [0.4, 0.5) is 0 Å². The van der Waals surface area contributed by atoms with Crippen LogP contribution in [0.2, 0.25) is 0 Å². The molecule has 0 aromatic heterocycles. The van der Waals surface area contributed by atoms with E-state index < -0.39 is 0 Å². The van der Waals surface area contributed by atoms with E-state index in [1.807, 2.05) is 37.3 Å². The van der Waals surface area contributed by atoms with Gasteiger partial charge in [-0.2, -0.15) is 0 Å². The lowest BCUT2D eigenvalue weighted by Crippen LogP contribution is -2.13. The molecule has 0 spiro atoms. The second-order valence-electron chi connectivity index (χ2n) is 5.11. The fourth-order valence-electron chi connectivity index (χ4n) is 2.08. The van der Waals surface area contributed by atoms with E-state index in [0.29, 0.717) is 6.61 Å². The van der Waals surface area contributed by atoms with Crippen molar-refractivity contribution in [2.45, 2.75) is 51.4 Å². The number of ether oxygens (including phenoxy) is 1. The van der Waals surface area contributed by atoms with E-state index in [4.69, 9.17) is 4.74 Å². The van der Waals surface area contributed by atoms with E-state index in [2.05, 4.69) is 15.9 Å². The van der Waals surface area contributed by atoms with Gasteiger partial charge in [-0.1, -0.05) is 71.9 Å². The van der Waals surface area contributed by atoms with E-state index in [9.17, 15) is 4.79 Å². The molecule has 0 aliphatic heterocycles. The molecule has 3 heteroatoms. The smallest absolute Gasteiger partial charge is 0.313 e. The van der Waals surface area contributed by atoms with Crippen molar-refractivity contribution in [3.8, 4) is 0 Å². The summed E-state index contributed by atoms with van der Waals surface area (Å²) in [5, 5.41) is 1.10. The Morgan fingerprint density at radius 2 is 1.65 bits per heavy atom. The summed E-state index contributed by atoms with van der Waals surface area (Å²) in [4.78, 5) is 11.9. The van der Waals surface area contributed by atoms with Gasteiger partial charge in [-0.25, -0.2) is 0 Å². The number of halogens is 1. The lowest BCUT2D eigenvalue weighted by Gasteiger charge is -2.11. The minimum Gasteiger partial charge on any atom is -0.465 e. The van der Waals surface area contributed by atoms with Crippen LogP contribution in [-0.2, 0) is 9.53 Å². The summed E-state index contributed by atoms with van der Waals surface area (Å²) in [6, 6.07) is 9.79. The maximum atomic E-state index is 11.9. The van der Waals surface area contributed by atoms with Gasteiger partial charge in [0, 0.05) is 5.33 Å². The molecule has 20 heavy (non-hydrogen) atoms. The summed E-state index contributed by atoms with van der Waals surface area (Å²) in [7, 11) is 0. The van der Waals surface area contributed by atoms with Gasteiger partial charge >= 0.3 is 5.97 Å². The molecule has 1 rings (SSSR count). The summed E-state index contributed by atoms with van der Waals surface area (Å²) in [6.07, 6.45) is 7.18. The van der Waals surface area contributed by atoms with Crippen molar-refractivity contribution in [3.63, 3.8) is 0 Å². The van der Waals surface area contributed by atoms with Gasteiger partial charge in [0.2, 0.25) is 0 Å². The fraction of sp³-hybridized carbons (Fsp3) is 0.588. The fourth-order valence-corrected chi connectivity index (χ4v) is 2.48. The Morgan fingerprint density at radius 3 is 2.30 bits per heavy atom. The molecule has 1 atom stereocenters. The van der Waals surface area contributed by atoms with E-state index in [1.165, 1.54) is 25.7 Å². The highest BCUT2D eigenvalue weighted by molar-refractivity contribution is 9.09. The first kappa shape index (κ1) is 17.2. The normalized spacial score (nSPS) is 12.1. The number of alkyl halides is 1. The summed E-state index contributed by atoms with van der Waals surface area (Å²) >= 11 is 3.43. The highest BCUT2D eigenvalue weighted by Gasteiger charge is 2.15. The number of rotatable bonds is 10. The third-order valence-electron chi connectivity index (χ3n) is 3.43. The molecule has 0 amide bonds. The lowest BCUT2D eigenvalue weighted by atomic mass is 10.0. The molecule has 0 radical (unpaired) electrons. The van der Waals surface area contributed by atoms with Crippen molar-refractivity contribution < 1.29 is 9.53 Å². The number of unbranched alkanes of at least 4 members (excludes halogenated alkanes) is 5. The Bertz CT molecular complexity index is 365. The van der Waals surface area contributed by atoms with Crippen LogP contribution in [0, 0.1) is 0 Å². The van der Waals surface area contributed by atoms with Crippen molar-refractivity contribution in [1.82, 2.24) is 0 Å². The highest BCUT2D eigenvalue weighted by atomic mass is 79.9. The molecular weight excluding hydrogens is 316 g/mol. The SMILES string of the molecule is C[C@@H](C(=O)OCCCCCCCCBr)c1ccccc1. The summed E-state index contributed by atoms with van der Waals surface area (Å²) < 4.78 is 5.34. The average Bonchev–Trinajstić information content (AvgIpc) is 2.50. The molecule has 0 fully saturated rings. The van der Waals surface area contributed by atoms with Gasteiger partial charge in [0.15, 0.2) is 0 Å². The Hall–Kier alpha value is -0.830. The first-order valence-electron chi connectivity index (χ1n) is 7.53. The molecule has 0 N–H and O–H groups in total. The van der Waals surface area contributed by atoms with Gasteiger partial charge in [0.1, 0.15) is 0 Å². The molecule has 1 aromatic carbocycles. The second-order valence-corrected chi connectivity index (χ2v) is 5.90. The van der Waals surface area contributed by atoms with Crippen LogP contribution in [0.5, 0.6) is 0 Å². The number of hydrogen-bond acceptors (Lipinski definition) is 2. The molecular formula is C17H25BrO2. The predicted molar refractivity (Wildman–Crippen MR) is 87.3 cm³/mol. The van der Waals surface area contributed by atoms with Gasteiger partial charge in [-0.15, -0.1) is 0 Å². The van der Waals surface area contributed by atoms with Crippen LogP contribution >= 0.6 is 15.9 Å². The Balaban J connectivity index is 2.08. The lowest BCUT2D eigenvalue weighted by molar-refractivity contribution is -0.145. The zero-order valence-electron chi connectivity index (χ0n) is 12.3. The van der Waals surface area contributed by atoms with Crippen molar-refractivity contribution in [2.24, 2.45) is 0 Å². The summed E-state index contributed by atoms with van der Waals surface area (Å²) in [6.45, 7) is 2.45. The topological polar surface area (TPSA) is 26.3 Å². The first-order chi connectivity index (χ1) is 9.75. The van der Waals surface area contributed by atoms with Gasteiger partial charge in [-0.3, -0.25) is 4.79 Å². The van der Waals surface area contributed by atoms with Gasteiger partial charge in [-0.05, 0) is 25.3 Å². The third kappa shape index (κ3) is 7.09. The van der Waals surface area contributed by atoms with E-state index in [0.717, 1.165) is 23.7 Å². The molecule has 1 aromatic rings. The number of hydrogen-bond donors (Lipinski definition) is 0. The largest absolute Gasteiger partial charge is 0.465 e. The summed E-state index contributed by atoms with van der Waals surface area (Å²) in [5.41, 5.74) is 1.02. The Morgan fingerprint density at radius 1 is 1.05 bits per heavy atom. The van der Waals surface area contributed by atoms with Gasteiger partial charge in [0.25, 0.3) is 0 Å². The van der Waals surface area contributed by atoms with Crippen molar-refractivity contribution in [2.75, 3.05) is 11.9 Å². The molecule has 0 unspecified atom stereocenters. The number of benzene rings is 1. The maximum Gasteiger partial charge on any atom is 0.313 e. The van der Waals surface area contributed by atoms with Crippen LogP contribution in [0.1, 0.15) is 56.9 Å². The van der Waals surface area contributed by atoms with Crippen molar-refractivity contribution >= 4 is 21.9 Å². The second kappa shape index (κ2) is 10.9. The molecule has 0 saturated heterocycles. The quantitative estimate of drug-likeness (QED) is 0.337. The molecule has 0 heterocycles. The number of esters is 1. The Labute approximate surface area is 131 Å². The minimum absolute atomic E-state index is 0.115. The maximum absolute atomic E-state index is 11.9. The van der Waals surface area contributed by atoms with Gasteiger partial charge in [0.05, 0.1) is 12.5 Å². The Kier molecular flexibility index (Phi) is 9.38. The molecule has 0 aliphatic rings. The van der Waals surface area contributed by atoms with Crippen molar-refractivity contribution in [3.05, 3.63) is 35.9 Å². The molecule has 2 nitrogen and oxygen atoms in total. The third-order valence-corrected chi connectivity index (χ3v) is 3.99. The van der Waals surface area contributed by atoms with E-state index in [1.54, 1.807) is 0 Å². The first-order valence-corrected chi connectivity index (χ1v) is 8.65. The molecule has 0 saturated carbocycles. The predicted octanol–water partition coefficient (Wildman–Crippen LogP) is 5.07. The highest BCUT2D eigenvalue weighted by Crippen LogP contribution is 2.16. The van der Waals surface area contributed by atoms with Crippen LogP contribution in [0.3, 0.4) is 0 Å². The van der Waals surface area contributed by atoms with E-state index in [-0.39, 0.29) is 11.9 Å². The zero-order valence-corrected chi connectivity index (χ0v) is 13.9. The monoisotopic (exact) mass is 340 g/mol. The molecule has 0 bridgehead atoms. The average molecular weight is 341 g/mol. The number of carbonyl (C=O) groups is 1. The van der Waals surface area contributed by atoms with Gasteiger partial charge < -0.3 is 4.74 Å².